The minimum absolute atomic E-state index is 0.0373. The minimum Gasteiger partial charge on any atom is -0.493 e. The molecular weight excluding hydrogens is 440 g/mol. The number of amides is 1. The van der Waals surface area contributed by atoms with Crippen LogP contribution in [0.3, 0.4) is 0 Å². The molecule has 35 heavy (non-hydrogen) atoms. The highest BCUT2D eigenvalue weighted by Crippen LogP contribution is 2.33. The molecule has 0 atom stereocenters. The molecule has 2 aromatic carbocycles. The van der Waals surface area contributed by atoms with Crippen molar-refractivity contribution >= 4 is 23.2 Å². The first-order valence-electron chi connectivity index (χ1n) is 12.4. The van der Waals surface area contributed by atoms with Crippen LogP contribution in [-0.2, 0) is 12.0 Å². The fourth-order valence-electron chi connectivity index (χ4n) is 4.31. The van der Waals surface area contributed by atoms with Crippen LogP contribution in [0.4, 0.5) is 5.69 Å². The molecule has 1 aliphatic heterocycles. The smallest absolute Gasteiger partial charge is 0.254 e. The summed E-state index contributed by atoms with van der Waals surface area (Å²) >= 11 is 0. The molecule has 7 nitrogen and oxygen atoms in total. The van der Waals surface area contributed by atoms with E-state index in [1.807, 2.05) is 31.2 Å². The number of carbonyl (C=O) groups excluding carboxylic acids is 2. The van der Waals surface area contributed by atoms with Crippen molar-refractivity contribution in [2.24, 2.45) is 0 Å². The van der Waals surface area contributed by atoms with Crippen LogP contribution in [-0.4, -0.2) is 49.2 Å². The predicted octanol–water partition coefficient (Wildman–Crippen LogP) is 4.98. The quantitative estimate of drug-likeness (QED) is 0.331. The Hall–Kier alpha value is -3.35. The van der Waals surface area contributed by atoms with Gasteiger partial charge in [0.25, 0.3) is 5.91 Å². The van der Waals surface area contributed by atoms with E-state index in [4.69, 9.17) is 10.1 Å². The highest BCUT2D eigenvalue weighted by molar-refractivity contribution is 6.07. The van der Waals surface area contributed by atoms with Crippen LogP contribution in [0.5, 0.6) is 5.75 Å². The number of ketones is 1. The maximum Gasteiger partial charge on any atom is 0.254 e. The normalized spacial score (nSPS) is 13.0. The van der Waals surface area contributed by atoms with Crippen LogP contribution in [0.1, 0.15) is 84.9 Å². The Kier molecular flexibility index (Phi) is 8.20. The zero-order valence-electron chi connectivity index (χ0n) is 21.8. The van der Waals surface area contributed by atoms with Crippen molar-refractivity contribution in [2.45, 2.75) is 59.4 Å². The van der Waals surface area contributed by atoms with Gasteiger partial charge < -0.3 is 20.3 Å². The van der Waals surface area contributed by atoms with Crippen LogP contribution < -0.4 is 15.4 Å². The van der Waals surface area contributed by atoms with Gasteiger partial charge in [0.15, 0.2) is 5.78 Å². The van der Waals surface area contributed by atoms with Gasteiger partial charge in [0.1, 0.15) is 11.6 Å². The second kappa shape index (κ2) is 10.9. The lowest BCUT2D eigenvalue weighted by molar-refractivity contribution is 0.0953. The number of unbranched alkanes of at least 4 members (excludes halogenated alkanes) is 1. The number of hydrogen-bond acceptors (Lipinski definition) is 5. The van der Waals surface area contributed by atoms with Crippen molar-refractivity contribution in [3.05, 3.63) is 58.1 Å². The molecule has 0 fully saturated rings. The van der Waals surface area contributed by atoms with Gasteiger partial charge in [-0.05, 0) is 60.2 Å². The lowest BCUT2D eigenvalue weighted by Gasteiger charge is -2.25. The molecule has 0 aromatic heterocycles. The van der Waals surface area contributed by atoms with Crippen molar-refractivity contribution in [3.63, 3.8) is 0 Å². The molecule has 2 aromatic rings. The third-order valence-corrected chi connectivity index (χ3v) is 6.24. The van der Waals surface area contributed by atoms with Gasteiger partial charge in [-0.15, -0.1) is 0 Å². The first-order valence-corrected chi connectivity index (χ1v) is 12.4. The number of carbonyl (C=O) groups is 2. The maximum atomic E-state index is 13.3. The van der Waals surface area contributed by atoms with E-state index >= 15 is 0 Å². The Balaban J connectivity index is 1.83. The molecule has 0 saturated carbocycles. The van der Waals surface area contributed by atoms with Gasteiger partial charge in [0, 0.05) is 37.0 Å². The summed E-state index contributed by atoms with van der Waals surface area (Å²) < 4.78 is 5.67. The largest absolute Gasteiger partial charge is 0.493 e. The van der Waals surface area contributed by atoms with E-state index in [1.165, 1.54) is 0 Å². The van der Waals surface area contributed by atoms with Gasteiger partial charge >= 0.3 is 0 Å². The second-order valence-corrected chi connectivity index (χ2v) is 9.94. The van der Waals surface area contributed by atoms with E-state index in [1.54, 1.807) is 18.0 Å². The van der Waals surface area contributed by atoms with Crippen LogP contribution in [0.2, 0.25) is 0 Å². The third kappa shape index (κ3) is 5.84. The molecule has 1 amide bonds. The van der Waals surface area contributed by atoms with E-state index in [9.17, 15) is 9.59 Å². The molecule has 3 rings (SSSR count). The third-order valence-electron chi connectivity index (χ3n) is 6.24. The Labute approximate surface area is 208 Å². The van der Waals surface area contributed by atoms with Gasteiger partial charge in [0.2, 0.25) is 0 Å². The molecule has 188 valence electrons. The molecule has 0 spiro atoms. The highest BCUT2D eigenvalue weighted by Gasteiger charge is 2.29. The number of anilines is 1. The molecule has 1 aliphatic rings. The first kappa shape index (κ1) is 26.3. The monoisotopic (exact) mass is 478 g/mol. The zero-order chi connectivity index (χ0) is 25.8. The summed E-state index contributed by atoms with van der Waals surface area (Å²) in [6, 6.07) is 9.37. The number of amidine groups is 1. The maximum absolute atomic E-state index is 13.3. The SMILES string of the molecule is CCCCNc1ccc(C(=O)CN2Cc3cc(OCC)c(C(=O)NC)cc3C2=N)cc1C(C)(C)C. The van der Waals surface area contributed by atoms with Crippen LogP contribution in [0.25, 0.3) is 0 Å². The number of fused-ring (bicyclic) bond motifs is 1. The van der Waals surface area contributed by atoms with E-state index in [0.29, 0.717) is 35.6 Å². The molecule has 0 saturated heterocycles. The standard InChI is InChI=1S/C28H38N4O3/c1-7-9-12-31-23-11-10-18(13-22(23)28(3,4)5)24(33)17-32-16-19-14-25(35-8-2)21(27(34)30-6)15-20(19)26(32)29/h10-11,13-15,29,31H,7-9,12,16-17H2,1-6H3,(H,30,34). The predicted molar refractivity (Wildman–Crippen MR) is 141 cm³/mol. The van der Waals surface area contributed by atoms with Crippen molar-refractivity contribution < 1.29 is 14.3 Å². The Morgan fingerprint density at radius 1 is 1.14 bits per heavy atom. The molecule has 3 N–H and O–H groups in total. The number of rotatable bonds is 10. The van der Waals surface area contributed by atoms with Crippen LogP contribution in [0.15, 0.2) is 30.3 Å². The molecule has 0 aliphatic carbocycles. The number of benzene rings is 2. The van der Waals surface area contributed by atoms with Crippen molar-refractivity contribution in [2.75, 3.05) is 32.1 Å². The van der Waals surface area contributed by atoms with Gasteiger partial charge in [-0.25, -0.2) is 0 Å². The summed E-state index contributed by atoms with van der Waals surface area (Å²) in [6.45, 7) is 12.3. The molecule has 7 heteroatoms. The zero-order valence-corrected chi connectivity index (χ0v) is 21.8. The number of ether oxygens (including phenoxy) is 1. The van der Waals surface area contributed by atoms with Gasteiger partial charge in [-0.1, -0.05) is 34.1 Å². The first-order chi connectivity index (χ1) is 16.6. The minimum atomic E-state index is -0.263. The number of nitrogens with zero attached hydrogens (tertiary/aromatic N) is 1. The average molecular weight is 479 g/mol. The molecular formula is C28H38N4O3. The average Bonchev–Trinajstić information content (AvgIpc) is 3.12. The Morgan fingerprint density at radius 2 is 1.89 bits per heavy atom. The van der Waals surface area contributed by atoms with E-state index in [0.717, 1.165) is 36.2 Å². The van der Waals surface area contributed by atoms with E-state index in [2.05, 4.69) is 38.3 Å². The Bertz CT molecular complexity index is 1120. The summed E-state index contributed by atoms with van der Waals surface area (Å²) in [4.78, 5) is 27.4. The summed E-state index contributed by atoms with van der Waals surface area (Å²) in [7, 11) is 1.57. The number of nitrogens with one attached hydrogen (secondary N) is 3. The van der Waals surface area contributed by atoms with Gasteiger partial charge in [-0.2, -0.15) is 0 Å². The number of hydrogen-bond donors (Lipinski definition) is 3. The highest BCUT2D eigenvalue weighted by atomic mass is 16.5. The lowest BCUT2D eigenvalue weighted by Crippen LogP contribution is -2.30. The fourth-order valence-corrected chi connectivity index (χ4v) is 4.31. The van der Waals surface area contributed by atoms with Crippen molar-refractivity contribution in [1.82, 2.24) is 10.2 Å². The van der Waals surface area contributed by atoms with Crippen LogP contribution >= 0.6 is 0 Å². The molecule has 0 bridgehead atoms. The van der Waals surface area contributed by atoms with Gasteiger partial charge in [-0.3, -0.25) is 15.0 Å². The summed E-state index contributed by atoms with van der Waals surface area (Å²) in [5.74, 6) is 0.439. The summed E-state index contributed by atoms with van der Waals surface area (Å²) in [5, 5.41) is 14.8. The van der Waals surface area contributed by atoms with E-state index in [-0.39, 0.29) is 29.5 Å². The van der Waals surface area contributed by atoms with Crippen molar-refractivity contribution in [1.29, 1.82) is 5.41 Å². The summed E-state index contributed by atoms with van der Waals surface area (Å²) in [6.07, 6.45) is 2.21. The van der Waals surface area contributed by atoms with Gasteiger partial charge in [0.05, 0.1) is 18.7 Å². The molecule has 0 unspecified atom stereocenters. The topological polar surface area (TPSA) is 94.5 Å². The summed E-state index contributed by atoms with van der Waals surface area (Å²) in [5.41, 5.74) is 4.63. The fraction of sp³-hybridized carbons (Fsp3) is 0.464. The second-order valence-electron chi connectivity index (χ2n) is 9.94. The lowest BCUT2D eigenvalue weighted by atomic mass is 9.84. The number of Topliss-reactive ketones (excluding diaryl/α,β-unsaturated/α-hetero) is 1. The van der Waals surface area contributed by atoms with E-state index < -0.39 is 0 Å². The van der Waals surface area contributed by atoms with Crippen LogP contribution in [0, 0.1) is 5.41 Å². The molecule has 1 heterocycles. The Morgan fingerprint density at radius 3 is 2.51 bits per heavy atom. The molecule has 0 radical (unpaired) electrons. The van der Waals surface area contributed by atoms with Crippen molar-refractivity contribution in [3.8, 4) is 5.75 Å².